The van der Waals surface area contributed by atoms with E-state index >= 15 is 0 Å². The van der Waals surface area contributed by atoms with Crippen molar-refractivity contribution in [3.8, 4) is 11.1 Å². The third-order valence-corrected chi connectivity index (χ3v) is 6.76. The highest BCUT2D eigenvalue weighted by Gasteiger charge is 2.43. The molecule has 4 amide bonds. The fraction of sp³-hybridized carbons (Fsp3) is 0. The first kappa shape index (κ1) is 24.3. The zero-order chi connectivity index (χ0) is 28.3. The first-order valence-electron chi connectivity index (χ1n) is 11.7. The summed E-state index contributed by atoms with van der Waals surface area (Å²) in [5.41, 5.74) is 0.334. The Morgan fingerprint density at radius 1 is 0.475 bits per heavy atom. The predicted octanol–water partition coefficient (Wildman–Crippen LogP) is 4.77. The Bertz CT molecular complexity index is 1700. The summed E-state index contributed by atoms with van der Waals surface area (Å²) < 4.78 is 0. The predicted molar refractivity (Wildman–Crippen MR) is 140 cm³/mol. The van der Waals surface area contributed by atoms with Gasteiger partial charge in [-0.2, -0.15) is 0 Å². The van der Waals surface area contributed by atoms with Crippen LogP contribution in [0.4, 0.5) is 22.7 Å². The average molecular weight is 534 g/mol. The summed E-state index contributed by atoms with van der Waals surface area (Å²) in [4.78, 5) is 74.7. The van der Waals surface area contributed by atoms with Crippen molar-refractivity contribution < 1.29 is 29.0 Å². The Kier molecular flexibility index (Phi) is 5.33. The smallest absolute Gasteiger partial charge is 0.268 e. The van der Waals surface area contributed by atoms with Crippen LogP contribution in [0.2, 0.25) is 0 Å². The fourth-order valence-electron chi connectivity index (χ4n) is 4.91. The molecule has 6 rings (SSSR count). The molecule has 194 valence electrons. The highest BCUT2D eigenvalue weighted by atomic mass is 16.6. The van der Waals surface area contributed by atoms with E-state index in [1.54, 1.807) is 24.3 Å². The number of rotatable bonds is 5. The van der Waals surface area contributed by atoms with Gasteiger partial charge in [-0.1, -0.05) is 36.4 Å². The molecule has 2 aliphatic heterocycles. The van der Waals surface area contributed by atoms with Gasteiger partial charge in [0.1, 0.15) is 11.1 Å². The first-order chi connectivity index (χ1) is 19.2. The Morgan fingerprint density at radius 2 is 0.825 bits per heavy atom. The molecule has 0 aliphatic carbocycles. The van der Waals surface area contributed by atoms with Gasteiger partial charge in [-0.25, -0.2) is 9.80 Å². The molecule has 4 aromatic rings. The quantitative estimate of drug-likeness (QED) is 0.201. The fourth-order valence-corrected chi connectivity index (χ4v) is 4.91. The average Bonchev–Trinajstić information content (AvgIpc) is 3.37. The molecule has 0 unspecified atom stereocenters. The number of nitro benzene ring substituents is 2. The Labute approximate surface area is 224 Å². The number of fused-ring (bicyclic) bond motifs is 2. The molecule has 4 aromatic carbocycles. The summed E-state index contributed by atoms with van der Waals surface area (Å²) >= 11 is 0. The van der Waals surface area contributed by atoms with Crippen molar-refractivity contribution in [3.05, 3.63) is 127 Å². The van der Waals surface area contributed by atoms with Crippen LogP contribution >= 0.6 is 0 Å². The number of carbonyl (C=O) groups is 4. The maximum absolute atomic E-state index is 12.9. The lowest BCUT2D eigenvalue weighted by Gasteiger charge is -2.15. The van der Waals surface area contributed by atoms with Crippen LogP contribution in [-0.4, -0.2) is 33.5 Å². The van der Waals surface area contributed by atoms with Crippen LogP contribution in [0.25, 0.3) is 11.1 Å². The van der Waals surface area contributed by atoms with Gasteiger partial charge in [0.25, 0.3) is 35.0 Å². The number of anilines is 2. The molecular weight excluding hydrogens is 520 g/mol. The second kappa shape index (κ2) is 8.77. The van der Waals surface area contributed by atoms with Crippen molar-refractivity contribution in [1.82, 2.24) is 0 Å². The molecule has 2 aliphatic rings. The summed E-state index contributed by atoms with van der Waals surface area (Å²) in [5, 5.41) is 22.7. The summed E-state index contributed by atoms with van der Waals surface area (Å²) in [6.45, 7) is 0. The number of benzene rings is 4. The van der Waals surface area contributed by atoms with Crippen LogP contribution in [0.3, 0.4) is 0 Å². The van der Waals surface area contributed by atoms with Gasteiger partial charge in [0, 0.05) is 12.1 Å². The Hall–Kier alpha value is -6.04. The molecule has 12 heteroatoms. The number of hydrogen-bond acceptors (Lipinski definition) is 8. The van der Waals surface area contributed by atoms with E-state index in [0.29, 0.717) is 11.1 Å². The largest absolute Gasteiger partial charge is 0.283 e. The van der Waals surface area contributed by atoms with Gasteiger partial charge in [0.05, 0.1) is 32.3 Å². The highest BCUT2D eigenvalue weighted by Crippen LogP contribution is 2.36. The summed E-state index contributed by atoms with van der Waals surface area (Å²) in [6.07, 6.45) is 0. The van der Waals surface area contributed by atoms with Crippen LogP contribution in [-0.2, 0) is 0 Å². The van der Waals surface area contributed by atoms with Crippen molar-refractivity contribution in [2.45, 2.75) is 0 Å². The van der Waals surface area contributed by atoms with E-state index in [1.807, 2.05) is 0 Å². The van der Waals surface area contributed by atoms with Crippen molar-refractivity contribution in [2.24, 2.45) is 0 Å². The Morgan fingerprint density at radius 3 is 1.15 bits per heavy atom. The molecule has 0 fully saturated rings. The number of hydrogen-bond donors (Lipinski definition) is 0. The SMILES string of the molecule is O=C1c2cccc([N+](=O)[O-])c2C(=O)N1c1ccc(-c2ccc(N3C(=O)c4cccc([N+](=O)[O-])c4C3=O)cc2)cc1. The van der Waals surface area contributed by atoms with Gasteiger partial charge in [-0.15, -0.1) is 0 Å². The van der Waals surface area contributed by atoms with Gasteiger partial charge in [-0.05, 0) is 47.5 Å². The number of imide groups is 2. The van der Waals surface area contributed by atoms with Crippen molar-refractivity contribution in [2.75, 3.05) is 9.80 Å². The van der Waals surface area contributed by atoms with Crippen LogP contribution in [0.15, 0.2) is 84.9 Å². The van der Waals surface area contributed by atoms with Crippen molar-refractivity contribution in [1.29, 1.82) is 0 Å². The van der Waals surface area contributed by atoms with Crippen molar-refractivity contribution >= 4 is 46.4 Å². The van der Waals surface area contributed by atoms with Crippen LogP contribution in [0, 0.1) is 20.2 Å². The van der Waals surface area contributed by atoms with Crippen LogP contribution in [0.1, 0.15) is 41.4 Å². The minimum absolute atomic E-state index is 0.0441. The van der Waals surface area contributed by atoms with Crippen LogP contribution < -0.4 is 9.80 Å². The normalized spacial score (nSPS) is 14.0. The molecule has 40 heavy (non-hydrogen) atoms. The summed E-state index contributed by atoms with van der Waals surface area (Å²) in [6, 6.07) is 20.5. The summed E-state index contributed by atoms with van der Waals surface area (Å²) in [7, 11) is 0. The van der Waals surface area contributed by atoms with Gasteiger partial charge in [0.15, 0.2) is 0 Å². The highest BCUT2D eigenvalue weighted by molar-refractivity contribution is 6.36. The maximum atomic E-state index is 12.9. The maximum Gasteiger partial charge on any atom is 0.283 e. The number of nitro groups is 2. The molecule has 0 spiro atoms. The lowest BCUT2D eigenvalue weighted by Crippen LogP contribution is -2.29. The van der Waals surface area contributed by atoms with E-state index in [-0.39, 0.29) is 33.6 Å². The van der Waals surface area contributed by atoms with Gasteiger partial charge < -0.3 is 0 Å². The van der Waals surface area contributed by atoms with Gasteiger partial charge in [0.2, 0.25) is 0 Å². The lowest BCUT2D eigenvalue weighted by molar-refractivity contribution is -0.385. The first-order valence-corrected chi connectivity index (χ1v) is 11.7. The van der Waals surface area contributed by atoms with E-state index in [9.17, 15) is 39.4 Å². The van der Waals surface area contributed by atoms with Gasteiger partial charge in [-0.3, -0.25) is 39.4 Å². The molecular formula is C28H14N4O8. The standard InChI is InChI=1S/C28H14N4O8/c33-25-19-3-1-5-21(31(37)38)23(19)27(35)29(25)17-11-7-15(8-12-17)16-9-13-18(14-10-16)30-26(34)20-4-2-6-22(32(39)40)24(20)28(30)36/h1-14H. The van der Waals surface area contributed by atoms with E-state index in [4.69, 9.17) is 0 Å². The molecule has 0 atom stereocenters. The zero-order valence-corrected chi connectivity index (χ0v) is 20.1. The molecule has 0 radical (unpaired) electrons. The number of carbonyl (C=O) groups excluding carboxylic acids is 4. The van der Waals surface area contributed by atoms with E-state index in [0.717, 1.165) is 9.80 Å². The molecule has 0 N–H and O–H groups in total. The van der Waals surface area contributed by atoms with E-state index in [2.05, 4.69) is 0 Å². The topological polar surface area (TPSA) is 161 Å². The molecule has 12 nitrogen and oxygen atoms in total. The van der Waals surface area contributed by atoms with E-state index in [1.165, 1.54) is 60.7 Å². The Balaban J connectivity index is 1.26. The van der Waals surface area contributed by atoms with E-state index < -0.39 is 44.9 Å². The second-order valence-electron chi connectivity index (χ2n) is 8.90. The molecule has 0 aromatic heterocycles. The third-order valence-electron chi connectivity index (χ3n) is 6.76. The number of amides is 4. The lowest BCUT2D eigenvalue weighted by atomic mass is 10.0. The minimum atomic E-state index is -0.786. The zero-order valence-electron chi connectivity index (χ0n) is 20.1. The minimum Gasteiger partial charge on any atom is -0.268 e. The van der Waals surface area contributed by atoms with Crippen LogP contribution in [0.5, 0.6) is 0 Å². The molecule has 2 heterocycles. The summed E-state index contributed by atoms with van der Waals surface area (Å²) in [5.74, 6) is -2.90. The second-order valence-corrected chi connectivity index (χ2v) is 8.90. The monoisotopic (exact) mass is 534 g/mol. The molecule has 0 saturated heterocycles. The molecule has 0 bridgehead atoms. The third kappa shape index (κ3) is 3.47. The van der Waals surface area contributed by atoms with Crippen molar-refractivity contribution in [3.63, 3.8) is 0 Å². The van der Waals surface area contributed by atoms with Gasteiger partial charge >= 0.3 is 0 Å². The molecule has 0 saturated carbocycles. The number of nitrogens with zero attached hydrogens (tertiary/aromatic N) is 4.